The summed E-state index contributed by atoms with van der Waals surface area (Å²) in [4.78, 5) is 23.3. The zero-order valence-electron chi connectivity index (χ0n) is 13.0. The quantitative estimate of drug-likeness (QED) is 0.895. The highest BCUT2D eigenvalue weighted by atomic mass is 19.1. The van der Waals surface area contributed by atoms with Gasteiger partial charge in [-0.1, -0.05) is 0 Å². The number of benzene rings is 1. The smallest absolute Gasteiger partial charge is 0.306 e. The van der Waals surface area contributed by atoms with E-state index in [4.69, 9.17) is 9.84 Å². The van der Waals surface area contributed by atoms with E-state index in [2.05, 4.69) is 5.32 Å². The number of hydrogen-bond donors (Lipinski definition) is 2. The maximum absolute atomic E-state index is 13.1. The summed E-state index contributed by atoms with van der Waals surface area (Å²) in [5.74, 6) is -1.71. The van der Waals surface area contributed by atoms with Crippen molar-refractivity contribution in [3.8, 4) is 0 Å². The highest BCUT2D eigenvalue weighted by molar-refractivity contribution is 5.95. The van der Waals surface area contributed by atoms with Crippen LogP contribution in [-0.2, 0) is 9.53 Å². The third-order valence-corrected chi connectivity index (χ3v) is 4.85. The summed E-state index contributed by atoms with van der Waals surface area (Å²) in [5, 5.41) is 12.0. The molecule has 124 valence electrons. The first kappa shape index (κ1) is 15.9. The van der Waals surface area contributed by atoms with Gasteiger partial charge in [0.25, 0.3) is 5.91 Å². The fourth-order valence-corrected chi connectivity index (χ4v) is 3.59. The van der Waals surface area contributed by atoms with Gasteiger partial charge in [0.15, 0.2) is 0 Å². The molecule has 0 aromatic heterocycles. The Morgan fingerprint density at radius 3 is 2.74 bits per heavy atom. The Balaban J connectivity index is 1.62. The van der Waals surface area contributed by atoms with Crippen LogP contribution in [0.2, 0.25) is 0 Å². The Morgan fingerprint density at radius 1 is 1.35 bits per heavy atom. The van der Waals surface area contributed by atoms with Crippen LogP contribution >= 0.6 is 0 Å². The second kappa shape index (κ2) is 5.92. The number of aliphatic carboxylic acids is 1. The fraction of sp³-hybridized carbons (Fsp3) is 0.529. The molecule has 2 fully saturated rings. The lowest BCUT2D eigenvalue weighted by atomic mass is 9.66. The van der Waals surface area contributed by atoms with Crippen molar-refractivity contribution < 1.29 is 23.8 Å². The zero-order valence-corrected chi connectivity index (χ0v) is 13.0. The molecule has 0 bridgehead atoms. The van der Waals surface area contributed by atoms with Crippen LogP contribution in [0.4, 0.5) is 4.39 Å². The predicted octanol–water partition coefficient (Wildman–Crippen LogP) is 2.28. The van der Waals surface area contributed by atoms with E-state index >= 15 is 0 Å². The Hall–Kier alpha value is -1.95. The topological polar surface area (TPSA) is 75.6 Å². The number of nitrogens with one attached hydrogen (secondary N) is 1. The second-order valence-electron chi connectivity index (χ2n) is 6.60. The van der Waals surface area contributed by atoms with Gasteiger partial charge in [0.1, 0.15) is 5.82 Å². The first-order chi connectivity index (χ1) is 10.9. The van der Waals surface area contributed by atoms with Crippen molar-refractivity contribution in [2.45, 2.75) is 44.2 Å². The first-order valence-corrected chi connectivity index (χ1v) is 7.82. The number of amides is 1. The molecule has 5 nitrogen and oxygen atoms in total. The number of aryl methyl sites for hydroxylation is 1. The summed E-state index contributed by atoms with van der Waals surface area (Å²) in [5.41, 5.74) is 0.653. The summed E-state index contributed by atoms with van der Waals surface area (Å²) in [7, 11) is 0. The average molecular weight is 321 g/mol. The van der Waals surface area contributed by atoms with E-state index in [1.54, 1.807) is 6.92 Å². The minimum absolute atomic E-state index is 0.0459. The normalized spacial score (nSPS) is 29.8. The van der Waals surface area contributed by atoms with Gasteiger partial charge in [0.05, 0.1) is 11.5 Å². The van der Waals surface area contributed by atoms with Gasteiger partial charge in [0, 0.05) is 18.2 Å². The van der Waals surface area contributed by atoms with Crippen LogP contribution < -0.4 is 5.32 Å². The molecule has 6 heteroatoms. The number of carbonyl (C=O) groups excluding carboxylic acids is 1. The molecule has 1 saturated carbocycles. The van der Waals surface area contributed by atoms with Crippen molar-refractivity contribution in [3.05, 3.63) is 35.1 Å². The van der Waals surface area contributed by atoms with Crippen LogP contribution in [0.15, 0.2) is 18.2 Å². The molecule has 1 aliphatic heterocycles. The molecule has 1 aromatic rings. The van der Waals surface area contributed by atoms with Crippen molar-refractivity contribution in [2.24, 2.45) is 5.92 Å². The SMILES string of the molecule is Cc1cc(F)ccc1C(=O)NC1CCOC2(C1)CC(C(=O)O)C2. The number of rotatable bonds is 3. The summed E-state index contributed by atoms with van der Waals surface area (Å²) < 4.78 is 18.9. The number of carboxylic acid groups (broad SMARTS) is 1. The number of hydrogen-bond acceptors (Lipinski definition) is 3. The Morgan fingerprint density at radius 2 is 2.09 bits per heavy atom. The average Bonchev–Trinajstić information content (AvgIpc) is 2.44. The minimum Gasteiger partial charge on any atom is -0.481 e. The van der Waals surface area contributed by atoms with Gasteiger partial charge >= 0.3 is 5.97 Å². The molecular weight excluding hydrogens is 301 g/mol. The number of carboxylic acids is 1. The predicted molar refractivity (Wildman–Crippen MR) is 80.7 cm³/mol. The van der Waals surface area contributed by atoms with E-state index in [-0.39, 0.29) is 23.7 Å². The Bertz CT molecular complexity index is 639. The van der Waals surface area contributed by atoms with E-state index in [0.29, 0.717) is 43.4 Å². The van der Waals surface area contributed by atoms with E-state index < -0.39 is 11.6 Å². The maximum Gasteiger partial charge on any atom is 0.306 e. The molecule has 0 radical (unpaired) electrons. The lowest BCUT2D eigenvalue weighted by Gasteiger charge is -2.50. The largest absolute Gasteiger partial charge is 0.481 e. The van der Waals surface area contributed by atoms with Gasteiger partial charge in [-0.2, -0.15) is 0 Å². The molecule has 2 N–H and O–H groups in total. The first-order valence-electron chi connectivity index (χ1n) is 7.82. The molecule has 1 amide bonds. The highest BCUT2D eigenvalue weighted by Gasteiger charge is 2.51. The number of halogens is 1. The van der Waals surface area contributed by atoms with Gasteiger partial charge in [-0.25, -0.2) is 4.39 Å². The Labute approximate surface area is 133 Å². The van der Waals surface area contributed by atoms with E-state index in [1.807, 2.05) is 0 Å². The highest BCUT2D eigenvalue weighted by Crippen LogP contribution is 2.46. The van der Waals surface area contributed by atoms with Gasteiger partial charge in [0.2, 0.25) is 0 Å². The second-order valence-corrected chi connectivity index (χ2v) is 6.60. The van der Waals surface area contributed by atoms with Crippen LogP contribution in [-0.4, -0.2) is 35.2 Å². The summed E-state index contributed by atoms with van der Waals surface area (Å²) >= 11 is 0. The molecule has 1 aliphatic carbocycles. The fourth-order valence-electron chi connectivity index (χ4n) is 3.59. The lowest BCUT2D eigenvalue weighted by molar-refractivity contribution is -0.181. The van der Waals surface area contributed by atoms with Gasteiger partial charge in [-0.3, -0.25) is 9.59 Å². The summed E-state index contributed by atoms with van der Waals surface area (Å²) in [6, 6.07) is 4.05. The van der Waals surface area contributed by atoms with Crippen molar-refractivity contribution in [3.63, 3.8) is 0 Å². The van der Waals surface area contributed by atoms with Crippen molar-refractivity contribution in [2.75, 3.05) is 6.61 Å². The summed E-state index contributed by atoms with van der Waals surface area (Å²) in [6.07, 6.45) is 2.34. The van der Waals surface area contributed by atoms with Gasteiger partial charge < -0.3 is 15.2 Å². The maximum atomic E-state index is 13.1. The molecule has 23 heavy (non-hydrogen) atoms. The van der Waals surface area contributed by atoms with Crippen LogP contribution in [0.25, 0.3) is 0 Å². The number of carbonyl (C=O) groups is 2. The minimum atomic E-state index is -0.785. The number of ether oxygens (including phenoxy) is 1. The van der Waals surface area contributed by atoms with Crippen LogP contribution in [0.3, 0.4) is 0 Å². The van der Waals surface area contributed by atoms with Gasteiger partial charge in [-0.05, 0) is 56.4 Å². The zero-order chi connectivity index (χ0) is 16.6. The standard InChI is InChI=1S/C17H20FNO4/c1-10-6-12(18)2-3-14(10)15(20)19-13-4-5-23-17(9-13)7-11(8-17)16(21)22/h2-3,6,11,13H,4-5,7-9H2,1H3,(H,19,20)(H,21,22). The van der Waals surface area contributed by atoms with Crippen molar-refractivity contribution >= 4 is 11.9 Å². The molecule has 1 atom stereocenters. The molecular formula is C17H20FNO4. The van der Waals surface area contributed by atoms with Crippen molar-refractivity contribution in [1.29, 1.82) is 0 Å². The molecule has 3 rings (SSSR count). The lowest BCUT2D eigenvalue weighted by Crippen LogP contribution is -2.56. The summed E-state index contributed by atoms with van der Waals surface area (Å²) in [6.45, 7) is 2.21. The van der Waals surface area contributed by atoms with E-state index in [9.17, 15) is 14.0 Å². The molecule has 1 spiro atoms. The van der Waals surface area contributed by atoms with Crippen LogP contribution in [0.5, 0.6) is 0 Å². The van der Waals surface area contributed by atoms with Crippen LogP contribution in [0, 0.1) is 18.7 Å². The van der Waals surface area contributed by atoms with Gasteiger partial charge in [-0.15, -0.1) is 0 Å². The monoisotopic (exact) mass is 321 g/mol. The molecule has 1 heterocycles. The van der Waals surface area contributed by atoms with E-state index in [0.717, 1.165) is 0 Å². The third-order valence-electron chi connectivity index (χ3n) is 4.85. The van der Waals surface area contributed by atoms with Crippen LogP contribution in [0.1, 0.15) is 41.6 Å². The Kier molecular flexibility index (Phi) is 4.10. The van der Waals surface area contributed by atoms with Crippen molar-refractivity contribution in [1.82, 2.24) is 5.32 Å². The third kappa shape index (κ3) is 3.22. The van der Waals surface area contributed by atoms with E-state index in [1.165, 1.54) is 18.2 Å². The molecule has 1 unspecified atom stereocenters. The molecule has 2 aliphatic rings. The molecule has 1 aromatic carbocycles. The molecule has 1 saturated heterocycles.